The van der Waals surface area contributed by atoms with Gasteiger partial charge in [-0.2, -0.15) is 0 Å². The normalized spacial score (nSPS) is 31.5. The second kappa shape index (κ2) is 5.57. The molecule has 2 atom stereocenters. The molecule has 4 heteroatoms. The molecule has 2 aliphatic heterocycles. The molecule has 0 aromatic carbocycles. The smallest absolute Gasteiger partial charge is 0.240 e. The Kier molecular flexibility index (Phi) is 4.31. The Hall–Kier alpha value is -0.280. The SMILES string of the molecule is CC[C@H](Cl)C(=O)N1CCC[C@]2(CCCCO2)C1. The van der Waals surface area contributed by atoms with Crippen molar-refractivity contribution in [3.05, 3.63) is 0 Å². The number of piperidine rings is 1. The van der Waals surface area contributed by atoms with Crippen LogP contribution in [0.3, 0.4) is 0 Å². The lowest BCUT2D eigenvalue weighted by Gasteiger charge is -2.45. The number of likely N-dealkylation sites (tertiary alicyclic amines) is 1. The number of ether oxygens (including phenoxy) is 1. The Morgan fingerprint density at radius 3 is 2.82 bits per heavy atom. The number of carbonyl (C=O) groups is 1. The van der Waals surface area contributed by atoms with Crippen LogP contribution in [0, 0.1) is 0 Å². The van der Waals surface area contributed by atoms with Crippen LogP contribution in [0.2, 0.25) is 0 Å². The highest BCUT2D eigenvalue weighted by Crippen LogP contribution is 2.34. The summed E-state index contributed by atoms with van der Waals surface area (Å²) in [6.45, 7) is 4.38. The van der Waals surface area contributed by atoms with Crippen molar-refractivity contribution in [2.75, 3.05) is 19.7 Å². The monoisotopic (exact) mass is 259 g/mol. The summed E-state index contributed by atoms with van der Waals surface area (Å²) in [6.07, 6.45) is 6.30. The van der Waals surface area contributed by atoms with E-state index in [1.807, 2.05) is 11.8 Å². The summed E-state index contributed by atoms with van der Waals surface area (Å²) in [7, 11) is 0. The minimum atomic E-state index is -0.367. The van der Waals surface area contributed by atoms with Crippen LogP contribution in [0.5, 0.6) is 0 Å². The first-order chi connectivity index (χ1) is 8.17. The molecule has 2 fully saturated rings. The Labute approximate surface area is 108 Å². The van der Waals surface area contributed by atoms with Crippen molar-refractivity contribution < 1.29 is 9.53 Å². The fourth-order valence-electron chi connectivity index (χ4n) is 2.89. The number of carbonyl (C=O) groups excluding carboxylic acids is 1. The van der Waals surface area contributed by atoms with E-state index >= 15 is 0 Å². The van der Waals surface area contributed by atoms with E-state index in [4.69, 9.17) is 16.3 Å². The van der Waals surface area contributed by atoms with Crippen molar-refractivity contribution >= 4 is 17.5 Å². The second-order valence-corrected chi connectivity index (χ2v) is 5.75. The molecule has 98 valence electrons. The van der Waals surface area contributed by atoms with Crippen molar-refractivity contribution in [1.29, 1.82) is 0 Å². The number of rotatable bonds is 2. The highest BCUT2D eigenvalue weighted by molar-refractivity contribution is 6.30. The molecule has 3 nitrogen and oxygen atoms in total. The number of hydrogen-bond donors (Lipinski definition) is 0. The third kappa shape index (κ3) is 2.94. The molecule has 2 aliphatic rings. The van der Waals surface area contributed by atoms with E-state index in [0.29, 0.717) is 6.42 Å². The quantitative estimate of drug-likeness (QED) is 0.714. The Bertz CT molecular complexity index is 271. The predicted molar refractivity (Wildman–Crippen MR) is 68.3 cm³/mol. The molecule has 0 aromatic heterocycles. The molecule has 0 bridgehead atoms. The van der Waals surface area contributed by atoms with Crippen LogP contribution < -0.4 is 0 Å². The summed E-state index contributed by atoms with van der Waals surface area (Å²) in [4.78, 5) is 14.0. The zero-order valence-electron chi connectivity index (χ0n) is 10.6. The van der Waals surface area contributed by atoms with Crippen molar-refractivity contribution in [2.24, 2.45) is 0 Å². The zero-order valence-corrected chi connectivity index (χ0v) is 11.3. The number of hydrogen-bond acceptors (Lipinski definition) is 2. The summed E-state index contributed by atoms with van der Waals surface area (Å²) < 4.78 is 5.96. The maximum absolute atomic E-state index is 12.1. The minimum absolute atomic E-state index is 0.0590. The van der Waals surface area contributed by atoms with E-state index in [1.165, 1.54) is 6.42 Å². The van der Waals surface area contributed by atoms with Crippen LogP contribution in [0.15, 0.2) is 0 Å². The lowest BCUT2D eigenvalue weighted by molar-refractivity contribution is -0.148. The van der Waals surface area contributed by atoms with Gasteiger partial charge in [-0.3, -0.25) is 4.79 Å². The van der Waals surface area contributed by atoms with Gasteiger partial charge in [0.05, 0.1) is 5.60 Å². The lowest BCUT2D eigenvalue weighted by atomic mass is 9.85. The fraction of sp³-hybridized carbons (Fsp3) is 0.923. The van der Waals surface area contributed by atoms with Crippen LogP contribution in [0.25, 0.3) is 0 Å². The Balaban J connectivity index is 1.98. The van der Waals surface area contributed by atoms with Crippen LogP contribution in [0.1, 0.15) is 45.4 Å². The molecular weight excluding hydrogens is 238 g/mol. The zero-order chi connectivity index (χ0) is 12.3. The highest BCUT2D eigenvalue weighted by atomic mass is 35.5. The van der Waals surface area contributed by atoms with Crippen LogP contribution in [-0.4, -0.2) is 41.5 Å². The van der Waals surface area contributed by atoms with Crippen molar-refractivity contribution in [3.8, 4) is 0 Å². The van der Waals surface area contributed by atoms with Gasteiger partial charge >= 0.3 is 0 Å². The molecule has 0 saturated carbocycles. The third-order valence-electron chi connectivity index (χ3n) is 3.91. The van der Waals surface area contributed by atoms with Gasteiger partial charge in [0.15, 0.2) is 0 Å². The van der Waals surface area contributed by atoms with Gasteiger partial charge in [0.1, 0.15) is 5.38 Å². The first-order valence-corrected chi connectivity index (χ1v) is 7.17. The van der Waals surface area contributed by atoms with Gasteiger partial charge in [-0.05, 0) is 38.5 Å². The summed E-state index contributed by atoms with van der Waals surface area (Å²) in [5.74, 6) is 0.0856. The molecule has 0 aliphatic carbocycles. The molecule has 0 N–H and O–H groups in total. The van der Waals surface area contributed by atoms with E-state index in [-0.39, 0.29) is 16.9 Å². The highest BCUT2D eigenvalue weighted by Gasteiger charge is 2.39. The topological polar surface area (TPSA) is 29.5 Å². The molecule has 2 saturated heterocycles. The van der Waals surface area contributed by atoms with E-state index in [9.17, 15) is 4.79 Å². The largest absolute Gasteiger partial charge is 0.373 e. The number of nitrogens with zero attached hydrogens (tertiary/aromatic N) is 1. The van der Waals surface area contributed by atoms with E-state index in [0.717, 1.165) is 45.4 Å². The van der Waals surface area contributed by atoms with Crippen molar-refractivity contribution in [2.45, 2.75) is 56.4 Å². The van der Waals surface area contributed by atoms with Crippen molar-refractivity contribution in [3.63, 3.8) is 0 Å². The molecule has 1 spiro atoms. The maximum atomic E-state index is 12.1. The number of alkyl halides is 1. The number of amides is 1. The fourth-order valence-corrected chi connectivity index (χ4v) is 3.03. The predicted octanol–water partition coefficient (Wildman–Crippen LogP) is 2.57. The standard InChI is InChI=1S/C13H22ClNO2/c1-2-11(14)12(16)15-8-5-7-13(10-15)6-3-4-9-17-13/h11H,2-10H2,1H3/t11-,13+/m0/s1. The summed E-state index contributed by atoms with van der Waals surface area (Å²) >= 11 is 6.04. The van der Waals surface area contributed by atoms with Crippen LogP contribution in [0.4, 0.5) is 0 Å². The minimum Gasteiger partial charge on any atom is -0.373 e. The summed E-state index contributed by atoms with van der Waals surface area (Å²) in [6, 6.07) is 0. The first kappa shape index (κ1) is 13.2. The molecule has 0 radical (unpaired) electrons. The van der Waals surface area contributed by atoms with Gasteiger partial charge in [-0.1, -0.05) is 6.92 Å². The average molecular weight is 260 g/mol. The van der Waals surface area contributed by atoms with Gasteiger partial charge in [0.2, 0.25) is 5.91 Å². The first-order valence-electron chi connectivity index (χ1n) is 6.74. The molecule has 17 heavy (non-hydrogen) atoms. The van der Waals surface area contributed by atoms with Crippen LogP contribution >= 0.6 is 11.6 Å². The molecular formula is C13H22ClNO2. The molecule has 2 heterocycles. The maximum Gasteiger partial charge on any atom is 0.240 e. The Morgan fingerprint density at radius 2 is 2.18 bits per heavy atom. The third-order valence-corrected chi connectivity index (χ3v) is 4.41. The molecule has 0 aromatic rings. The van der Waals surface area contributed by atoms with Gasteiger partial charge in [-0.15, -0.1) is 11.6 Å². The van der Waals surface area contributed by atoms with Crippen molar-refractivity contribution in [1.82, 2.24) is 4.90 Å². The molecule has 2 rings (SSSR count). The van der Waals surface area contributed by atoms with Gasteiger partial charge in [0.25, 0.3) is 0 Å². The lowest BCUT2D eigenvalue weighted by Crippen LogP contribution is -2.54. The van der Waals surface area contributed by atoms with E-state index < -0.39 is 0 Å². The number of halogens is 1. The summed E-state index contributed by atoms with van der Waals surface area (Å²) in [5.41, 5.74) is -0.0590. The van der Waals surface area contributed by atoms with E-state index in [1.54, 1.807) is 0 Å². The molecule has 0 unspecified atom stereocenters. The molecule has 1 amide bonds. The van der Waals surface area contributed by atoms with E-state index in [2.05, 4.69) is 0 Å². The average Bonchev–Trinajstić information content (AvgIpc) is 2.38. The summed E-state index contributed by atoms with van der Waals surface area (Å²) in [5, 5.41) is -0.367. The van der Waals surface area contributed by atoms with Gasteiger partial charge in [0, 0.05) is 19.7 Å². The second-order valence-electron chi connectivity index (χ2n) is 5.23. The van der Waals surface area contributed by atoms with Gasteiger partial charge in [-0.25, -0.2) is 0 Å². The van der Waals surface area contributed by atoms with Gasteiger partial charge < -0.3 is 9.64 Å². The Morgan fingerprint density at radius 1 is 1.41 bits per heavy atom. The van der Waals surface area contributed by atoms with Crippen LogP contribution in [-0.2, 0) is 9.53 Å².